The maximum absolute atomic E-state index is 12.8. The second kappa shape index (κ2) is 62.0. The van der Waals surface area contributed by atoms with E-state index in [0.717, 1.165) is 122 Å². The molecule has 0 spiro atoms. The van der Waals surface area contributed by atoms with Gasteiger partial charge in [0.25, 0.3) is 0 Å². The number of rotatable bonds is 50. The third kappa shape index (κ3) is 59.3. The Morgan fingerprint density at radius 2 is 0.568 bits per heavy atom. The summed E-state index contributed by atoms with van der Waals surface area (Å²) < 4.78 is 17.3. The average Bonchev–Trinajstić information content (AvgIpc) is 3.40. The lowest BCUT2D eigenvalue weighted by Crippen LogP contribution is -2.30. The number of carbonyl (C=O) groups excluding carboxylic acids is 2. The molecule has 0 amide bonds. The van der Waals surface area contributed by atoms with Crippen LogP contribution in [0.15, 0.2) is 194 Å². The minimum atomic E-state index is -0.632. The monoisotopic (exact) mass is 1010 g/mol. The normalized spacial score (nSPS) is 13.7. The van der Waals surface area contributed by atoms with E-state index in [1.165, 1.54) is 32.1 Å². The first-order chi connectivity index (χ1) is 36.6. The van der Waals surface area contributed by atoms with Crippen molar-refractivity contribution in [2.45, 2.75) is 207 Å². The van der Waals surface area contributed by atoms with Crippen molar-refractivity contribution in [3.63, 3.8) is 0 Å². The first-order valence-electron chi connectivity index (χ1n) is 29.0. The zero-order valence-electron chi connectivity index (χ0n) is 47.0. The molecule has 1 atom stereocenters. The average molecular weight is 1010 g/mol. The largest absolute Gasteiger partial charge is 0.462 e. The van der Waals surface area contributed by atoms with E-state index < -0.39 is 6.10 Å². The molecule has 5 heteroatoms. The molecule has 5 nitrogen and oxygen atoms in total. The molecule has 0 radical (unpaired) electrons. The molecule has 0 heterocycles. The number of hydrogen-bond donors (Lipinski definition) is 0. The number of esters is 2. The second-order valence-corrected chi connectivity index (χ2v) is 18.0. The van der Waals surface area contributed by atoms with Crippen molar-refractivity contribution in [3.8, 4) is 0 Å². The number of carbonyl (C=O) groups is 2. The van der Waals surface area contributed by atoms with Crippen molar-refractivity contribution >= 4 is 11.9 Å². The summed E-state index contributed by atoms with van der Waals surface area (Å²) in [6.07, 6.45) is 96.2. The molecule has 0 aliphatic heterocycles. The van der Waals surface area contributed by atoms with Gasteiger partial charge in [-0.2, -0.15) is 0 Å². The van der Waals surface area contributed by atoms with Crippen LogP contribution < -0.4 is 0 Å². The Hall–Kier alpha value is -5.26. The highest BCUT2D eigenvalue weighted by molar-refractivity contribution is 5.70. The molecular weight excluding hydrogens is 909 g/mol. The van der Waals surface area contributed by atoms with Crippen LogP contribution in [0.2, 0.25) is 0 Å². The highest BCUT2D eigenvalue weighted by atomic mass is 16.6. The van der Waals surface area contributed by atoms with Crippen LogP contribution in [0.25, 0.3) is 0 Å². The maximum Gasteiger partial charge on any atom is 0.306 e. The fraction of sp³-hybridized carbons (Fsp3) is 0.507. The number of allylic oxidation sites excluding steroid dienone is 32. The SMILES string of the molecule is CC/C=C\C/C=C\C/C=C\C/C=C\C/C=C\C/C=C\CCC(=O)OCC(COCCCCCCCCC/C=C\C/C=C\C/C=C\C/C=C\CC)OC(=O)CC/C=C\C/C=C\C/C=C\C/C=C\C/C=C\C/C=C\CC. The van der Waals surface area contributed by atoms with Crippen LogP contribution in [0.5, 0.6) is 0 Å². The van der Waals surface area contributed by atoms with Crippen molar-refractivity contribution in [1.82, 2.24) is 0 Å². The van der Waals surface area contributed by atoms with Gasteiger partial charge in [-0.1, -0.05) is 247 Å². The summed E-state index contributed by atoms with van der Waals surface area (Å²) >= 11 is 0. The smallest absolute Gasteiger partial charge is 0.306 e. The van der Waals surface area contributed by atoms with E-state index in [-0.39, 0.29) is 38.0 Å². The van der Waals surface area contributed by atoms with Crippen molar-refractivity contribution in [2.24, 2.45) is 0 Å². The van der Waals surface area contributed by atoms with E-state index in [2.05, 4.69) is 203 Å². The Bertz CT molecular complexity index is 1760. The van der Waals surface area contributed by atoms with Crippen LogP contribution in [0, 0.1) is 0 Å². The van der Waals surface area contributed by atoms with Gasteiger partial charge in [-0.3, -0.25) is 9.59 Å². The van der Waals surface area contributed by atoms with Gasteiger partial charge in [0.05, 0.1) is 6.61 Å². The summed E-state index contributed by atoms with van der Waals surface area (Å²) in [5.74, 6) is -0.615. The van der Waals surface area contributed by atoms with Crippen LogP contribution in [0.3, 0.4) is 0 Å². The summed E-state index contributed by atoms with van der Waals surface area (Å²) in [7, 11) is 0. The van der Waals surface area contributed by atoms with E-state index in [1.807, 2.05) is 12.2 Å². The molecule has 0 saturated heterocycles. The lowest BCUT2D eigenvalue weighted by atomic mass is 10.1. The molecule has 0 bridgehead atoms. The molecule has 0 N–H and O–H groups in total. The highest BCUT2D eigenvalue weighted by Gasteiger charge is 2.17. The molecule has 0 aliphatic rings. The van der Waals surface area contributed by atoms with E-state index in [0.29, 0.717) is 19.4 Å². The van der Waals surface area contributed by atoms with Gasteiger partial charge in [-0.15, -0.1) is 0 Å². The summed E-state index contributed by atoms with van der Waals surface area (Å²) in [4.78, 5) is 25.5. The van der Waals surface area contributed by atoms with Gasteiger partial charge in [0, 0.05) is 19.4 Å². The quantitative estimate of drug-likeness (QED) is 0.0345. The zero-order valence-corrected chi connectivity index (χ0v) is 47.0. The molecule has 0 saturated carbocycles. The first-order valence-corrected chi connectivity index (χ1v) is 29.0. The molecule has 0 fully saturated rings. The van der Waals surface area contributed by atoms with Gasteiger partial charge >= 0.3 is 11.9 Å². The molecule has 74 heavy (non-hydrogen) atoms. The van der Waals surface area contributed by atoms with Crippen molar-refractivity contribution in [2.75, 3.05) is 19.8 Å². The minimum Gasteiger partial charge on any atom is -0.462 e. The molecular formula is C69H104O5. The Balaban J connectivity index is 4.58. The molecule has 1 unspecified atom stereocenters. The van der Waals surface area contributed by atoms with E-state index in [9.17, 15) is 9.59 Å². The zero-order chi connectivity index (χ0) is 53.4. The van der Waals surface area contributed by atoms with E-state index >= 15 is 0 Å². The third-order valence-corrected chi connectivity index (χ3v) is 11.1. The summed E-state index contributed by atoms with van der Waals surface area (Å²) in [6.45, 7) is 7.27. The van der Waals surface area contributed by atoms with Gasteiger partial charge in [0.1, 0.15) is 6.61 Å². The first kappa shape index (κ1) is 68.7. The Kier molecular flexibility index (Phi) is 57.6. The van der Waals surface area contributed by atoms with Gasteiger partial charge in [-0.05, 0) is 135 Å². The molecule has 410 valence electrons. The van der Waals surface area contributed by atoms with Gasteiger partial charge < -0.3 is 14.2 Å². The van der Waals surface area contributed by atoms with Crippen molar-refractivity contribution in [1.29, 1.82) is 0 Å². The van der Waals surface area contributed by atoms with Crippen molar-refractivity contribution in [3.05, 3.63) is 194 Å². The number of ether oxygens (including phenoxy) is 3. The Morgan fingerprint density at radius 3 is 0.905 bits per heavy atom. The topological polar surface area (TPSA) is 61.8 Å². The lowest BCUT2D eigenvalue weighted by Gasteiger charge is -2.18. The third-order valence-electron chi connectivity index (χ3n) is 11.1. The summed E-state index contributed by atoms with van der Waals surface area (Å²) in [6, 6.07) is 0. The van der Waals surface area contributed by atoms with Gasteiger partial charge in [-0.25, -0.2) is 0 Å². The lowest BCUT2D eigenvalue weighted by molar-refractivity contribution is -0.162. The van der Waals surface area contributed by atoms with E-state index in [1.54, 1.807) is 0 Å². The van der Waals surface area contributed by atoms with Gasteiger partial charge in [0.15, 0.2) is 6.10 Å². The molecule has 0 aromatic heterocycles. The minimum absolute atomic E-state index is 0.00481. The molecule has 0 rings (SSSR count). The van der Waals surface area contributed by atoms with Crippen molar-refractivity contribution < 1.29 is 23.8 Å². The summed E-state index contributed by atoms with van der Waals surface area (Å²) in [5, 5.41) is 0. The number of hydrogen-bond acceptors (Lipinski definition) is 5. The second-order valence-electron chi connectivity index (χ2n) is 18.0. The fourth-order valence-corrected chi connectivity index (χ4v) is 6.96. The Labute approximate surface area is 454 Å². The summed E-state index contributed by atoms with van der Waals surface area (Å²) in [5.41, 5.74) is 0. The predicted octanol–water partition coefficient (Wildman–Crippen LogP) is 20.3. The predicted molar refractivity (Wildman–Crippen MR) is 324 cm³/mol. The van der Waals surface area contributed by atoms with Gasteiger partial charge in [0.2, 0.25) is 0 Å². The van der Waals surface area contributed by atoms with Crippen LogP contribution in [-0.4, -0.2) is 37.9 Å². The van der Waals surface area contributed by atoms with Crippen LogP contribution >= 0.6 is 0 Å². The molecule has 0 aromatic rings. The number of unbranched alkanes of at least 4 members (excludes halogenated alkanes) is 7. The Morgan fingerprint density at radius 1 is 0.297 bits per heavy atom. The van der Waals surface area contributed by atoms with Crippen LogP contribution in [0.4, 0.5) is 0 Å². The van der Waals surface area contributed by atoms with Crippen LogP contribution in [0.1, 0.15) is 201 Å². The molecule has 0 aromatic carbocycles. The maximum atomic E-state index is 12.8. The van der Waals surface area contributed by atoms with E-state index in [4.69, 9.17) is 14.2 Å². The highest BCUT2D eigenvalue weighted by Crippen LogP contribution is 2.11. The van der Waals surface area contributed by atoms with Crippen LogP contribution in [-0.2, 0) is 23.8 Å². The standard InChI is InChI=1S/C69H104O5/c1-4-7-10-13-16-19-22-25-28-31-34-37-40-43-46-49-52-55-58-61-64-72-65-67(74-69(71)63-60-57-54-51-48-45-42-39-36-33-30-27-24-21-18-15-12-9-6-3)66-73-68(70)62-59-56-53-50-47-44-41-38-35-32-29-26-23-20-17-14-11-8-5-2/h7-12,16-21,25-30,34-39,44-45,47-48,53-54,56-57,67H,4-6,13-15,22-24,31-33,40-43,46,49-52,55,58-66H2,1-3H3/b10-7-,11-8-,12-9-,19-16-,20-17-,21-18-,28-25-,29-26-,30-27-,37-34-,38-35-,39-36-,47-44-,48-45-,56-53-,57-54-. The molecule has 0 aliphatic carbocycles. The fourth-order valence-electron chi connectivity index (χ4n) is 6.96.